The molecule has 0 aromatic heterocycles. The first kappa shape index (κ1) is 35.2. The molecule has 5 aliphatic rings. The number of nitrogens with zero attached hydrogens (tertiary/aromatic N) is 1. The minimum Gasteiger partial charge on any atom is -0.478 e. The van der Waals surface area contributed by atoms with Gasteiger partial charge in [-0.05, 0) is 178 Å². The Morgan fingerprint density at radius 1 is 0.809 bits per heavy atom. The van der Waals surface area contributed by atoms with Crippen molar-refractivity contribution in [3.63, 3.8) is 0 Å². The number of carbonyl (C=O) groups is 2. The lowest BCUT2D eigenvalue weighted by atomic mass is 9.31. The molecule has 1 aromatic carbocycles. The van der Waals surface area contributed by atoms with Gasteiger partial charge in [0.1, 0.15) is 5.78 Å². The zero-order chi connectivity index (χ0) is 34.2. The summed E-state index contributed by atoms with van der Waals surface area (Å²) in [4.78, 5) is 28.2. The number of aromatic carboxylic acids is 1. The molecule has 10 atom stereocenters. The van der Waals surface area contributed by atoms with E-state index in [1.807, 2.05) is 12.1 Å². The van der Waals surface area contributed by atoms with Crippen molar-refractivity contribution >= 4 is 11.8 Å². The van der Waals surface area contributed by atoms with E-state index in [4.69, 9.17) is 0 Å². The lowest BCUT2D eigenvalue weighted by molar-refractivity contribution is -0.239. The summed E-state index contributed by atoms with van der Waals surface area (Å²) in [6.07, 6.45) is 15.4. The Hall–Kier alpha value is -1.68. The molecule has 4 heteroatoms. The number of ketones is 1. The maximum absolute atomic E-state index is 14.4. The molecule has 0 unspecified atom stereocenters. The third kappa shape index (κ3) is 5.31. The largest absolute Gasteiger partial charge is 0.478 e. The molecule has 6 rings (SSSR count). The smallest absolute Gasteiger partial charge is 0.335 e. The van der Waals surface area contributed by atoms with E-state index in [9.17, 15) is 14.7 Å². The van der Waals surface area contributed by atoms with Crippen LogP contribution in [0, 0.1) is 62.6 Å². The molecule has 0 radical (unpaired) electrons. The van der Waals surface area contributed by atoms with Gasteiger partial charge < -0.3 is 10.0 Å². The fraction of sp³-hybridized carbons (Fsp3) is 0.814. The average molecular weight is 646 g/mol. The highest BCUT2D eigenvalue weighted by atomic mass is 16.4. The van der Waals surface area contributed by atoms with Crippen LogP contribution in [0.1, 0.15) is 154 Å². The van der Waals surface area contributed by atoms with Crippen LogP contribution in [0.25, 0.3) is 0 Å². The van der Waals surface area contributed by atoms with Gasteiger partial charge in [0.2, 0.25) is 0 Å². The van der Waals surface area contributed by atoms with Gasteiger partial charge in [0.05, 0.1) is 5.56 Å². The van der Waals surface area contributed by atoms with E-state index in [1.165, 1.54) is 56.9 Å². The highest BCUT2D eigenvalue weighted by molar-refractivity contribution is 5.87. The summed E-state index contributed by atoms with van der Waals surface area (Å²) in [5, 5.41) is 9.49. The molecular formula is C43H67NO3. The van der Waals surface area contributed by atoms with Crippen LogP contribution in [-0.4, -0.2) is 42.4 Å². The van der Waals surface area contributed by atoms with Crippen LogP contribution in [0.15, 0.2) is 24.3 Å². The van der Waals surface area contributed by atoms with E-state index in [1.54, 1.807) is 0 Å². The Balaban J connectivity index is 1.28. The van der Waals surface area contributed by atoms with Crippen molar-refractivity contribution in [3.8, 4) is 0 Å². The van der Waals surface area contributed by atoms with Crippen LogP contribution in [-0.2, 0) is 4.79 Å². The molecule has 4 nitrogen and oxygen atoms in total. The van der Waals surface area contributed by atoms with E-state index in [0.29, 0.717) is 57.7 Å². The summed E-state index contributed by atoms with van der Waals surface area (Å²) >= 11 is 0. The summed E-state index contributed by atoms with van der Waals surface area (Å²) in [5.74, 6) is 4.18. The molecule has 0 bridgehead atoms. The number of hydrogen-bond acceptors (Lipinski definition) is 3. The zero-order valence-corrected chi connectivity index (χ0v) is 31.5. The van der Waals surface area contributed by atoms with Crippen LogP contribution in [0.5, 0.6) is 0 Å². The van der Waals surface area contributed by atoms with E-state index < -0.39 is 5.97 Å². The SMILES string of the molecule is CC(C)[C@@H]1CC[C@]2(C(=O)CCCCN(C)C)CC[C@]3(C)[C@H](CC[C@@H]4[C@@]5(C)CC[C@@H](c6ccc(C(=O)O)cc6)C(C)(C)[C@@H]5CC[C@]43C)[C@@H]12. The van der Waals surface area contributed by atoms with Crippen LogP contribution < -0.4 is 0 Å². The minimum atomic E-state index is -0.843. The van der Waals surface area contributed by atoms with Gasteiger partial charge in [-0.3, -0.25) is 4.79 Å². The molecule has 5 saturated carbocycles. The number of carboxylic acid groups (broad SMARTS) is 1. The minimum absolute atomic E-state index is 0.0717. The van der Waals surface area contributed by atoms with Crippen molar-refractivity contribution in [1.82, 2.24) is 4.90 Å². The molecule has 5 fully saturated rings. The predicted octanol–water partition coefficient (Wildman–Crippen LogP) is 10.5. The fourth-order valence-corrected chi connectivity index (χ4v) is 14.3. The number of unbranched alkanes of at least 4 members (excludes halogenated alkanes) is 1. The van der Waals surface area contributed by atoms with E-state index in [-0.39, 0.29) is 16.2 Å². The lowest BCUT2D eigenvalue weighted by Crippen LogP contribution is -2.66. The second kappa shape index (κ2) is 12.3. The molecule has 1 aromatic rings. The second-order valence-electron chi connectivity index (χ2n) is 19.3. The van der Waals surface area contributed by atoms with Crippen molar-refractivity contribution in [2.24, 2.45) is 62.6 Å². The van der Waals surface area contributed by atoms with Gasteiger partial charge in [0.25, 0.3) is 0 Å². The van der Waals surface area contributed by atoms with Crippen molar-refractivity contribution in [2.75, 3.05) is 20.6 Å². The highest BCUT2D eigenvalue weighted by Crippen LogP contribution is 2.78. The number of benzene rings is 1. The number of fused-ring (bicyclic) bond motifs is 7. The van der Waals surface area contributed by atoms with Gasteiger partial charge >= 0.3 is 5.97 Å². The van der Waals surface area contributed by atoms with Crippen molar-refractivity contribution < 1.29 is 14.7 Å². The first-order chi connectivity index (χ1) is 22.0. The molecule has 0 spiro atoms. The monoisotopic (exact) mass is 646 g/mol. The predicted molar refractivity (Wildman–Crippen MR) is 193 cm³/mol. The summed E-state index contributed by atoms with van der Waals surface area (Å²) in [5.41, 5.74) is 2.69. The molecule has 0 aliphatic heterocycles. The van der Waals surface area contributed by atoms with Gasteiger partial charge in [-0.15, -0.1) is 0 Å². The number of hydrogen-bond donors (Lipinski definition) is 1. The molecule has 262 valence electrons. The number of rotatable bonds is 9. The molecule has 0 amide bonds. The molecular weight excluding hydrogens is 578 g/mol. The number of Topliss-reactive ketones (excluding diaryl/α,β-unsaturated/α-hetero) is 1. The van der Waals surface area contributed by atoms with Crippen LogP contribution >= 0.6 is 0 Å². The summed E-state index contributed by atoms with van der Waals surface area (Å²) in [6.45, 7) is 19.2. The van der Waals surface area contributed by atoms with Crippen LogP contribution in [0.2, 0.25) is 0 Å². The number of carbonyl (C=O) groups excluding carboxylic acids is 1. The molecule has 0 heterocycles. The van der Waals surface area contributed by atoms with Gasteiger partial charge in [-0.25, -0.2) is 4.79 Å². The molecule has 0 saturated heterocycles. The highest BCUT2D eigenvalue weighted by Gasteiger charge is 2.71. The topological polar surface area (TPSA) is 57.6 Å². The summed E-state index contributed by atoms with van der Waals surface area (Å²) < 4.78 is 0. The summed E-state index contributed by atoms with van der Waals surface area (Å²) in [7, 11) is 4.28. The van der Waals surface area contributed by atoms with Crippen LogP contribution in [0.3, 0.4) is 0 Å². The lowest BCUT2D eigenvalue weighted by Gasteiger charge is -2.73. The van der Waals surface area contributed by atoms with Gasteiger partial charge in [0.15, 0.2) is 0 Å². The molecule has 1 N–H and O–H groups in total. The average Bonchev–Trinajstić information content (AvgIpc) is 3.41. The third-order valence-electron chi connectivity index (χ3n) is 16.7. The first-order valence-electron chi connectivity index (χ1n) is 19.5. The zero-order valence-electron chi connectivity index (χ0n) is 31.5. The van der Waals surface area contributed by atoms with E-state index >= 15 is 0 Å². The Kier molecular flexibility index (Phi) is 9.18. The third-order valence-corrected chi connectivity index (χ3v) is 16.7. The Morgan fingerprint density at radius 2 is 1.51 bits per heavy atom. The van der Waals surface area contributed by atoms with Gasteiger partial charge in [-0.1, -0.05) is 60.6 Å². The fourth-order valence-electron chi connectivity index (χ4n) is 14.3. The van der Waals surface area contributed by atoms with Crippen molar-refractivity contribution in [2.45, 2.75) is 138 Å². The van der Waals surface area contributed by atoms with Gasteiger partial charge in [0, 0.05) is 11.8 Å². The first-order valence-corrected chi connectivity index (χ1v) is 19.5. The Bertz CT molecular complexity index is 1330. The molecule has 47 heavy (non-hydrogen) atoms. The summed E-state index contributed by atoms with van der Waals surface area (Å²) in [6, 6.07) is 7.82. The van der Waals surface area contributed by atoms with Crippen molar-refractivity contribution in [1.29, 1.82) is 0 Å². The standard InChI is InChI=1S/C43H67NO3/c1-28(2)31-19-24-43(36(45)12-10-11-27-44(8)9)26-25-41(6)33(37(31)43)17-18-35-40(5)22-20-32(29-13-15-30(16-14-29)38(46)47)39(3,4)34(40)21-23-42(35,41)7/h13-16,28,31-35,37H,10-12,17-27H2,1-9H3,(H,46,47)/t31-,32-,33+,34-,35+,37+,40-,41+,42+,43+/m0/s1. The number of carboxylic acids is 1. The quantitative estimate of drug-likeness (QED) is 0.272. The van der Waals surface area contributed by atoms with Crippen molar-refractivity contribution in [3.05, 3.63) is 35.4 Å². The molecule has 5 aliphatic carbocycles. The Labute approximate surface area is 287 Å². The second-order valence-corrected chi connectivity index (χ2v) is 19.3. The van der Waals surface area contributed by atoms with Crippen LogP contribution in [0.4, 0.5) is 0 Å². The van der Waals surface area contributed by atoms with Gasteiger partial charge in [-0.2, -0.15) is 0 Å². The normalized spacial score (nSPS) is 42.4. The Morgan fingerprint density at radius 3 is 2.15 bits per heavy atom. The van der Waals surface area contributed by atoms with E-state index in [0.717, 1.165) is 44.6 Å². The maximum atomic E-state index is 14.4. The van der Waals surface area contributed by atoms with E-state index in [2.05, 4.69) is 79.6 Å². The maximum Gasteiger partial charge on any atom is 0.335 e.